The molecule has 0 amide bonds. The summed E-state index contributed by atoms with van der Waals surface area (Å²) in [7, 11) is 3.19. The molecule has 4 aromatic rings. The largest absolute Gasteiger partial charge is 0.494 e. The molecular weight excluding hydrogens is 689 g/mol. The maximum Gasteiger partial charge on any atom is 0.229 e. The molecule has 0 bridgehead atoms. The highest BCUT2D eigenvalue weighted by atomic mass is 79.9. The molecule has 2 N–H and O–H groups in total. The van der Waals surface area contributed by atoms with Gasteiger partial charge in [0.05, 0.1) is 35.0 Å². The fourth-order valence-corrected chi connectivity index (χ4v) is 8.13. The Morgan fingerprint density at radius 3 is 2.38 bits per heavy atom. The Hall–Kier alpha value is -3.44. The first-order chi connectivity index (χ1) is 23.0. The van der Waals surface area contributed by atoms with Crippen molar-refractivity contribution in [3.05, 3.63) is 59.1 Å². The second-order valence-corrected chi connectivity index (χ2v) is 17.3. The number of aromatic nitrogens is 4. The smallest absolute Gasteiger partial charge is 0.229 e. The van der Waals surface area contributed by atoms with Crippen LogP contribution in [-0.4, -0.2) is 102 Å². The summed E-state index contributed by atoms with van der Waals surface area (Å²) in [6, 6.07) is 10.8. The highest BCUT2D eigenvalue weighted by molar-refractivity contribution is 9.10. The number of halogens is 1. The van der Waals surface area contributed by atoms with Crippen molar-refractivity contribution in [2.75, 3.05) is 82.3 Å². The molecule has 0 saturated carbocycles. The number of rotatable bonds is 10. The molecule has 0 spiro atoms. The van der Waals surface area contributed by atoms with Crippen LogP contribution < -0.4 is 25.6 Å². The lowest BCUT2D eigenvalue weighted by Crippen LogP contribution is -2.52. The van der Waals surface area contributed by atoms with Crippen LogP contribution in [-0.2, 0) is 18.0 Å². The van der Waals surface area contributed by atoms with Crippen molar-refractivity contribution in [3.8, 4) is 17.0 Å². The number of ether oxygens (including phenoxy) is 1. The minimum atomic E-state index is -2.66. The number of hydrogen-bond acceptors (Lipinski definition) is 10. The topological polar surface area (TPSA) is 104 Å². The van der Waals surface area contributed by atoms with E-state index in [9.17, 15) is 4.57 Å². The number of anilines is 5. The highest BCUT2D eigenvalue weighted by Gasteiger charge is 2.28. The van der Waals surface area contributed by atoms with Crippen molar-refractivity contribution in [3.63, 3.8) is 0 Å². The monoisotopic (exact) mass is 735 g/mol. The van der Waals surface area contributed by atoms with E-state index in [4.69, 9.17) is 9.72 Å². The van der Waals surface area contributed by atoms with Gasteiger partial charge in [0, 0.05) is 87.4 Å². The number of piperazine rings is 1. The Balaban J connectivity index is 1.21. The molecular formula is C35H47BrN9O2P. The summed E-state index contributed by atoms with van der Waals surface area (Å²) in [4.78, 5) is 21.5. The molecule has 2 aliphatic heterocycles. The molecule has 13 heteroatoms. The molecule has 0 unspecified atom stereocenters. The van der Waals surface area contributed by atoms with Crippen molar-refractivity contribution in [2.24, 2.45) is 7.05 Å². The van der Waals surface area contributed by atoms with Gasteiger partial charge in [0.1, 0.15) is 18.7 Å². The molecule has 2 saturated heterocycles. The van der Waals surface area contributed by atoms with Gasteiger partial charge in [0.25, 0.3) is 0 Å². The number of hydrogen-bond donors (Lipinski definition) is 2. The first kappa shape index (κ1) is 34.4. The minimum absolute atomic E-state index is 0.421. The Morgan fingerprint density at radius 2 is 1.73 bits per heavy atom. The highest BCUT2D eigenvalue weighted by Crippen LogP contribution is 2.41. The van der Waals surface area contributed by atoms with E-state index >= 15 is 0 Å². The predicted octanol–water partition coefficient (Wildman–Crippen LogP) is 6.16. The number of nitrogens with zero attached hydrogens (tertiary/aromatic N) is 7. The average molecular weight is 737 g/mol. The minimum Gasteiger partial charge on any atom is -0.494 e. The Kier molecular flexibility index (Phi) is 10.5. The molecule has 2 aromatic heterocycles. The number of imidazole rings is 1. The van der Waals surface area contributed by atoms with E-state index in [0.717, 1.165) is 66.3 Å². The summed E-state index contributed by atoms with van der Waals surface area (Å²) in [6.45, 7) is 12.5. The van der Waals surface area contributed by atoms with Gasteiger partial charge in [-0.2, -0.15) is 4.98 Å². The molecule has 6 rings (SSSR count). The van der Waals surface area contributed by atoms with Crippen LogP contribution in [0.3, 0.4) is 0 Å². The van der Waals surface area contributed by atoms with Gasteiger partial charge < -0.3 is 34.3 Å². The van der Waals surface area contributed by atoms with E-state index in [1.807, 2.05) is 36.0 Å². The standard InChI is InChI=1S/C35H47BrN9O2P/c1-7-24-18-29(32(47-4)20-31(24)45-12-10-26(11-13-45)44-16-14-42(2)15-17-44)40-35-37-21-27(36)34(41-35)39-28-9-8-25(19-33(28)48(5,6)46)30-22-43(3)23-38-30/h8-9,18-23,26H,7,10-17H2,1-6H3,(H2,37,39,40,41). The van der Waals surface area contributed by atoms with E-state index in [2.05, 4.69) is 77.3 Å². The molecule has 0 atom stereocenters. The van der Waals surface area contributed by atoms with Gasteiger partial charge in [-0.05, 0) is 79.3 Å². The van der Waals surface area contributed by atoms with E-state index in [1.165, 1.54) is 37.2 Å². The number of aryl methyl sites for hydroxylation is 2. The Morgan fingerprint density at radius 1 is 0.979 bits per heavy atom. The SMILES string of the molecule is CCc1cc(Nc2ncc(Br)c(Nc3ccc(-c4cn(C)cn4)cc3P(C)(C)=O)n2)c(OC)cc1N1CCC(N2CCN(C)CC2)CC1. The van der Waals surface area contributed by atoms with E-state index in [0.29, 0.717) is 22.3 Å². The number of likely N-dealkylation sites (N-methyl/N-ethyl adjacent to an activating group) is 1. The molecule has 0 aliphatic carbocycles. The molecule has 11 nitrogen and oxygen atoms in total. The van der Waals surface area contributed by atoms with Crippen LogP contribution >= 0.6 is 23.1 Å². The van der Waals surface area contributed by atoms with E-state index in [-0.39, 0.29) is 0 Å². The summed E-state index contributed by atoms with van der Waals surface area (Å²) in [5.41, 5.74) is 5.76. The summed E-state index contributed by atoms with van der Waals surface area (Å²) in [5, 5.41) is 7.55. The summed E-state index contributed by atoms with van der Waals surface area (Å²) in [5.74, 6) is 1.72. The van der Waals surface area contributed by atoms with E-state index in [1.54, 1.807) is 33.0 Å². The third-order valence-corrected chi connectivity index (χ3v) is 11.6. The number of piperidine rings is 1. The predicted molar refractivity (Wildman–Crippen MR) is 201 cm³/mol. The van der Waals surface area contributed by atoms with Gasteiger partial charge in [-0.3, -0.25) is 4.90 Å². The van der Waals surface area contributed by atoms with Gasteiger partial charge in [0.15, 0.2) is 0 Å². The van der Waals surface area contributed by atoms with Gasteiger partial charge in [-0.25, -0.2) is 9.97 Å². The van der Waals surface area contributed by atoms with Crippen LogP contribution in [0.1, 0.15) is 25.3 Å². The van der Waals surface area contributed by atoms with Crippen molar-refractivity contribution < 1.29 is 9.30 Å². The second kappa shape index (κ2) is 14.6. The molecule has 2 fully saturated rings. The first-order valence-corrected chi connectivity index (χ1v) is 20.0. The molecule has 4 heterocycles. The Bertz CT molecular complexity index is 1790. The fraction of sp³-hybridized carbons (Fsp3) is 0.457. The molecule has 2 aliphatic rings. The Labute approximate surface area is 292 Å². The van der Waals surface area contributed by atoms with Crippen molar-refractivity contribution >= 4 is 57.2 Å². The third kappa shape index (κ3) is 7.72. The number of nitrogens with one attached hydrogen (secondary N) is 2. The molecule has 0 radical (unpaired) electrons. The second-order valence-electron chi connectivity index (χ2n) is 13.2. The van der Waals surface area contributed by atoms with Crippen LogP contribution in [0.2, 0.25) is 0 Å². The normalized spacial score (nSPS) is 16.7. The van der Waals surface area contributed by atoms with Crippen LogP contribution in [0.15, 0.2) is 53.5 Å². The maximum atomic E-state index is 13.4. The van der Waals surface area contributed by atoms with Crippen LogP contribution in [0.4, 0.5) is 28.8 Å². The summed E-state index contributed by atoms with van der Waals surface area (Å²) < 4.78 is 21.9. The fourth-order valence-electron chi connectivity index (χ4n) is 6.68. The number of methoxy groups -OCH3 is 1. The molecule has 2 aromatic carbocycles. The number of benzene rings is 2. The lowest BCUT2D eigenvalue weighted by atomic mass is 9.99. The zero-order chi connectivity index (χ0) is 34.0. The first-order valence-electron chi connectivity index (χ1n) is 16.7. The van der Waals surface area contributed by atoms with Gasteiger partial charge >= 0.3 is 0 Å². The lowest BCUT2D eigenvalue weighted by molar-refractivity contribution is 0.0982. The van der Waals surface area contributed by atoms with Crippen molar-refractivity contribution in [2.45, 2.75) is 32.2 Å². The molecule has 48 heavy (non-hydrogen) atoms. The van der Waals surface area contributed by atoms with Crippen molar-refractivity contribution in [1.82, 2.24) is 29.3 Å². The van der Waals surface area contributed by atoms with Crippen molar-refractivity contribution in [1.29, 1.82) is 0 Å². The molecule has 256 valence electrons. The summed E-state index contributed by atoms with van der Waals surface area (Å²) in [6.07, 6.45) is 8.67. The van der Waals surface area contributed by atoms with Crippen LogP contribution in [0.5, 0.6) is 5.75 Å². The van der Waals surface area contributed by atoms with Gasteiger partial charge in [-0.15, -0.1) is 0 Å². The van der Waals surface area contributed by atoms with E-state index < -0.39 is 7.14 Å². The van der Waals surface area contributed by atoms with Crippen LogP contribution in [0.25, 0.3) is 11.3 Å². The summed E-state index contributed by atoms with van der Waals surface area (Å²) >= 11 is 3.61. The third-order valence-electron chi connectivity index (χ3n) is 9.46. The maximum absolute atomic E-state index is 13.4. The average Bonchev–Trinajstić information content (AvgIpc) is 3.52. The zero-order valence-electron chi connectivity index (χ0n) is 28.8. The van der Waals surface area contributed by atoms with Gasteiger partial charge in [-0.1, -0.05) is 13.0 Å². The quantitative estimate of drug-likeness (QED) is 0.184. The van der Waals surface area contributed by atoms with Crippen LogP contribution in [0, 0.1) is 0 Å². The van der Waals surface area contributed by atoms with Gasteiger partial charge in [0.2, 0.25) is 5.95 Å². The zero-order valence-corrected chi connectivity index (χ0v) is 31.3. The lowest BCUT2D eigenvalue weighted by Gasteiger charge is -2.43.